The smallest absolute Gasteiger partial charge is 0.331 e. The zero-order valence-electron chi connectivity index (χ0n) is 15.3. The van der Waals surface area contributed by atoms with E-state index in [0.717, 1.165) is 26.7 Å². The third-order valence-electron chi connectivity index (χ3n) is 4.46. The van der Waals surface area contributed by atoms with E-state index in [0.29, 0.717) is 22.0 Å². The van der Waals surface area contributed by atoms with Crippen LogP contribution in [0, 0.1) is 0 Å². The van der Waals surface area contributed by atoms with Crippen LogP contribution in [-0.4, -0.2) is 26.2 Å². The second-order valence-corrected chi connectivity index (χ2v) is 9.00. The number of aliphatic carboxylic acids is 1. The molecule has 0 radical (unpaired) electrons. The van der Waals surface area contributed by atoms with Crippen LogP contribution in [0.3, 0.4) is 0 Å². The summed E-state index contributed by atoms with van der Waals surface area (Å²) in [5.41, 5.74) is 1.39. The van der Waals surface area contributed by atoms with Crippen molar-refractivity contribution in [1.29, 1.82) is 0 Å². The molecule has 30 heavy (non-hydrogen) atoms. The second-order valence-electron chi connectivity index (χ2n) is 6.41. The molecule has 0 spiro atoms. The topological polar surface area (TPSA) is 70.8 Å². The number of carbonyl (C=O) groups is 2. The Morgan fingerprint density at radius 1 is 1.10 bits per heavy atom. The summed E-state index contributed by atoms with van der Waals surface area (Å²) in [5, 5.41) is 9.74. The van der Waals surface area contributed by atoms with E-state index in [-0.39, 0.29) is 4.32 Å². The number of thiocarbonyl (C=S) groups is 1. The largest absolute Gasteiger partial charge is 0.479 e. The molecule has 3 aromatic rings. The lowest BCUT2D eigenvalue weighted by molar-refractivity contribution is -0.145. The number of carbonyl (C=O) groups excluding carboxylic acids is 1. The zero-order valence-corrected chi connectivity index (χ0v) is 18.5. The molecule has 4 rings (SSSR count). The number of hydrogen-bond acceptors (Lipinski definition) is 5. The van der Waals surface area contributed by atoms with E-state index in [4.69, 9.17) is 16.6 Å². The lowest BCUT2D eigenvalue weighted by Gasteiger charge is -2.23. The highest BCUT2D eigenvalue weighted by atomic mass is 79.9. The normalized spacial score (nSPS) is 16.3. The standard InChI is InChI=1S/C22H14BrNO4S2/c23-15-8-6-13(7-9-15)17-11-10-16(28-17)12-18-20(25)24(22(29)30-18)19(21(26)27)14-4-2-1-3-5-14/h1-12,19H,(H,26,27)/b18-12+/t19-/m1/s1. The maximum Gasteiger partial charge on any atom is 0.331 e. The first kappa shape index (κ1) is 20.6. The Hall–Kier alpha value is -2.68. The van der Waals surface area contributed by atoms with Crippen molar-refractivity contribution in [2.24, 2.45) is 0 Å². The number of halogens is 1. The van der Waals surface area contributed by atoms with Crippen LogP contribution < -0.4 is 0 Å². The number of carboxylic acid groups (broad SMARTS) is 1. The summed E-state index contributed by atoms with van der Waals surface area (Å²) in [6, 6.07) is 18.6. The molecule has 8 heteroatoms. The van der Waals surface area contributed by atoms with Gasteiger partial charge in [-0.3, -0.25) is 9.69 Å². The highest BCUT2D eigenvalue weighted by molar-refractivity contribution is 9.10. The molecule has 1 amide bonds. The quantitative estimate of drug-likeness (QED) is 0.356. The number of carboxylic acids is 1. The van der Waals surface area contributed by atoms with Gasteiger partial charge in [0.2, 0.25) is 0 Å². The van der Waals surface area contributed by atoms with E-state index < -0.39 is 17.9 Å². The van der Waals surface area contributed by atoms with Crippen LogP contribution in [0.4, 0.5) is 0 Å². The summed E-state index contributed by atoms with van der Waals surface area (Å²) in [5.74, 6) is -0.450. The minimum Gasteiger partial charge on any atom is -0.479 e. The zero-order chi connectivity index (χ0) is 21.3. The maximum atomic E-state index is 13.0. The molecule has 0 bridgehead atoms. The van der Waals surface area contributed by atoms with Gasteiger partial charge in [0, 0.05) is 16.1 Å². The van der Waals surface area contributed by atoms with Gasteiger partial charge in [0.25, 0.3) is 5.91 Å². The fourth-order valence-corrected chi connectivity index (χ4v) is 4.63. The summed E-state index contributed by atoms with van der Waals surface area (Å²) in [6.45, 7) is 0. The van der Waals surface area contributed by atoms with Gasteiger partial charge in [0.05, 0.1) is 4.91 Å². The number of amides is 1. The third-order valence-corrected chi connectivity index (χ3v) is 6.32. The van der Waals surface area contributed by atoms with Gasteiger partial charge in [-0.1, -0.05) is 82.4 Å². The monoisotopic (exact) mass is 499 g/mol. The molecular formula is C22H14BrNO4S2. The Bertz CT molecular complexity index is 1160. The first-order valence-corrected chi connectivity index (χ1v) is 10.9. The Morgan fingerprint density at radius 2 is 1.80 bits per heavy atom. The predicted molar refractivity (Wildman–Crippen MR) is 124 cm³/mol. The molecule has 0 aliphatic carbocycles. The van der Waals surface area contributed by atoms with Gasteiger partial charge in [-0.25, -0.2) is 4.79 Å². The number of hydrogen-bond donors (Lipinski definition) is 1. The molecule has 1 aliphatic rings. The summed E-state index contributed by atoms with van der Waals surface area (Å²) in [6.07, 6.45) is 1.59. The number of thioether (sulfide) groups is 1. The van der Waals surface area contributed by atoms with Crippen LogP contribution in [0.25, 0.3) is 17.4 Å². The molecule has 1 saturated heterocycles. The SMILES string of the molecule is O=C(O)[C@@H](c1ccccc1)N1C(=O)/C(=C\c2ccc(-c3ccc(Br)cc3)o2)SC1=S. The van der Waals surface area contributed by atoms with Gasteiger partial charge in [0.1, 0.15) is 15.8 Å². The van der Waals surface area contributed by atoms with Crippen molar-refractivity contribution < 1.29 is 19.1 Å². The average molecular weight is 500 g/mol. The molecule has 1 aromatic heterocycles. The highest BCUT2D eigenvalue weighted by Crippen LogP contribution is 2.38. The second kappa shape index (κ2) is 8.59. The number of rotatable bonds is 5. The molecule has 5 nitrogen and oxygen atoms in total. The highest BCUT2D eigenvalue weighted by Gasteiger charge is 2.41. The molecule has 1 atom stereocenters. The summed E-state index contributed by atoms with van der Waals surface area (Å²) in [4.78, 5) is 26.4. The lowest BCUT2D eigenvalue weighted by atomic mass is 10.1. The van der Waals surface area contributed by atoms with Crippen molar-refractivity contribution >= 4 is 62.2 Å². The molecular weight excluding hydrogens is 486 g/mol. The molecule has 150 valence electrons. The molecule has 1 N–H and O–H groups in total. The number of furan rings is 1. The van der Waals surface area contributed by atoms with Crippen molar-refractivity contribution in [3.8, 4) is 11.3 Å². The van der Waals surface area contributed by atoms with Crippen molar-refractivity contribution in [3.05, 3.63) is 87.4 Å². The molecule has 2 heterocycles. The van der Waals surface area contributed by atoms with Crippen molar-refractivity contribution in [2.45, 2.75) is 6.04 Å². The van der Waals surface area contributed by atoms with Crippen molar-refractivity contribution in [3.63, 3.8) is 0 Å². The van der Waals surface area contributed by atoms with Crippen LogP contribution in [0.15, 0.2) is 80.5 Å². The van der Waals surface area contributed by atoms with Gasteiger partial charge in [-0.2, -0.15) is 0 Å². The molecule has 0 saturated carbocycles. The Labute approximate surface area is 190 Å². The minimum absolute atomic E-state index is 0.196. The van der Waals surface area contributed by atoms with Crippen LogP contribution >= 0.6 is 39.9 Å². The fraction of sp³-hybridized carbons (Fsp3) is 0.0455. The van der Waals surface area contributed by atoms with E-state index in [1.165, 1.54) is 0 Å². The third kappa shape index (κ3) is 4.12. The van der Waals surface area contributed by atoms with Crippen LogP contribution in [0.1, 0.15) is 17.4 Å². The minimum atomic E-state index is -1.18. The van der Waals surface area contributed by atoms with E-state index in [2.05, 4.69) is 15.9 Å². The Morgan fingerprint density at radius 3 is 2.47 bits per heavy atom. The number of nitrogens with zero attached hydrogens (tertiary/aromatic N) is 1. The van der Waals surface area contributed by atoms with Crippen molar-refractivity contribution in [2.75, 3.05) is 0 Å². The summed E-state index contributed by atoms with van der Waals surface area (Å²) >= 11 is 9.79. The van der Waals surface area contributed by atoms with Crippen LogP contribution in [0.5, 0.6) is 0 Å². The Balaban J connectivity index is 1.62. The fourth-order valence-electron chi connectivity index (χ4n) is 3.07. The molecule has 1 aliphatic heterocycles. The number of benzene rings is 2. The summed E-state index contributed by atoms with van der Waals surface area (Å²) < 4.78 is 7.01. The average Bonchev–Trinajstić information content (AvgIpc) is 3.30. The predicted octanol–water partition coefficient (Wildman–Crippen LogP) is 5.74. The van der Waals surface area contributed by atoms with E-state index >= 15 is 0 Å². The Kier molecular flexibility index (Phi) is 5.90. The maximum absolute atomic E-state index is 13.0. The first-order valence-electron chi connectivity index (χ1n) is 8.84. The van der Waals surface area contributed by atoms with E-state index in [9.17, 15) is 14.7 Å². The van der Waals surface area contributed by atoms with Gasteiger partial charge in [-0.05, 0) is 29.8 Å². The molecule has 0 unspecified atom stereocenters. The van der Waals surface area contributed by atoms with E-state index in [1.807, 2.05) is 30.3 Å². The first-order chi connectivity index (χ1) is 14.4. The van der Waals surface area contributed by atoms with Crippen LogP contribution in [0.2, 0.25) is 0 Å². The lowest BCUT2D eigenvalue weighted by Crippen LogP contribution is -2.37. The van der Waals surface area contributed by atoms with Crippen molar-refractivity contribution in [1.82, 2.24) is 4.90 Å². The molecule has 2 aromatic carbocycles. The summed E-state index contributed by atoms with van der Waals surface area (Å²) in [7, 11) is 0. The molecule has 1 fully saturated rings. The van der Waals surface area contributed by atoms with Gasteiger partial charge < -0.3 is 9.52 Å². The van der Waals surface area contributed by atoms with E-state index in [1.54, 1.807) is 42.5 Å². The van der Waals surface area contributed by atoms with Gasteiger partial charge in [0.15, 0.2) is 6.04 Å². The van der Waals surface area contributed by atoms with Gasteiger partial charge in [-0.15, -0.1) is 0 Å². The van der Waals surface area contributed by atoms with Gasteiger partial charge >= 0.3 is 5.97 Å². The van der Waals surface area contributed by atoms with Crippen LogP contribution in [-0.2, 0) is 9.59 Å².